The third-order valence-electron chi connectivity index (χ3n) is 5.25. The Balaban J connectivity index is 1.55. The highest BCUT2D eigenvalue weighted by Crippen LogP contribution is 2.38. The molecule has 0 aromatic heterocycles. The summed E-state index contributed by atoms with van der Waals surface area (Å²) >= 11 is 1.74. The second-order valence-electron chi connectivity index (χ2n) is 7.03. The third kappa shape index (κ3) is 3.37. The van der Waals surface area contributed by atoms with Crippen molar-refractivity contribution in [1.82, 2.24) is 4.90 Å². The van der Waals surface area contributed by atoms with Gasteiger partial charge in [-0.05, 0) is 25.0 Å². The van der Waals surface area contributed by atoms with E-state index in [4.69, 9.17) is 14.5 Å². The molecule has 0 spiro atoms. The topological polar surface area (TPSA) is 54.4 Å². The molecule has 0 bridgehead atoms. The summed E-state index contributed by atoms with van der Waals surface area (Å²) in [6.07, 6.45) is 6.20. The molecule has 7 heteroatoms. The fraction of sp³-hybridized carbons (Fsp3) is 0.579. The highest BCUT2D eigenvalue weighted by molar-refractivity contribution is 8.14. The van der Waals surface area contributed by atoms with Gasteiger partial charge >= 0.3 is 0 Å². The first-order valence-corrected chi connectivity index (χ1v) is 10.2. The van der Waals surface area contributed by atoms with Crippen molar-refractivity contribution in [3.8, 4) is 11.5 Å². The number of hydrogen-bond donors (Lipinski definition) is 0. The molecule has 1 aromatic carbocycles. The number of nitrogens with zero attached hydrogens (tertiary/aromatic N) is 3. The lowest BCUT2D eigenvalue weighted by Gasteiger charge is -2.33. The van der Waals surface area contributed by atoms with Gasteiger partial charge in [-0.15, -0.1) is 0 Å². The molecule has 0 radical (unpaired) electrons. The van der Waals surface area contributed by atoms with Crippen molar-refractivity contribution in [3.05, 3.63) is 18.2 Å². The van der Waals surface area contributed by atoms with Gasteiger partial charge < -0.3 is 14.4 Å². The summed E-state index contributed by atoms with van der Waals surface area (Å²) in [5.74, 6) is 2.25. The van der Waals surface area contributed by atoms with Crippen LogP contribution in [0, 0.1) is 0 Å². The molecule has 1 saturated carbocycles. The zero-order valence-corrected chi connectivity index (χ0v) is 16.1. The van der Waals surface area contributed by atoms with Crippen LogP contribution in [-0.2, 0) is 4.79 Å². The van der Waals surface area contributed by atoms with Crippen LogP contribution >= 0.6 is 11.8 Å². The summed E-state index contributed by atoms with van der Waals surface area (Å²) in [7, 11) is 2.04. The molecule has 3 aliphatic rings. The normalized spacial score (nSPS) is 24.3. The summed E-state index contributed by atoms with van der Waals surface area (Å²) in [6, 6.07) is 6.11. The summed E-state index contributed by atoms with van der Waals surface area (Å²) in [5.41, 5.74) is 0.832. The Morgan fingerprint density at radius 1 is 1.23 bits per heavy atom. The zero-order valence-electron chi connectivity index (χ0n) is 15.3. The van der Waals surface area contributed by atoms with Gasteiger partial charge in [0.1, 0.15) is 6.17 Å². The molecule has 1 aromatic rings. The Kier molecular flexibility index (Phi) is 4.98. The van der Waals surface area contributed by atoms with Crippen molar-refractivity contribution in [2.45, 2.75) is 51.2 Å². The lowest BCUT2D eigenvalue weighted by atomic mass is 9.96. The van der Waals surface area contributed by atoms with Crippen LogP contribution in [0.5, 0.6) is 11.5 Å². The van der Waals surface area contributed by atoms with E-state index in [0.29, 0.717) is 11.8 Å². The number of aliphatic imine (C=N–C) groups is 1. The third-order valence-corrected chi connectivity index (χ3v) is 6.37. The zero-order chi connectivity index (χ0) is 18.1. The number of benzene rings is 1. The minimum absolute atomic E-state index is 0.0141. The van der Waals surface area contributed by atoms with Gasteiger partial charge in [-0.2, -0.15) is 0 Å². The van der Waals surface area contributed by atoms with Crippen molar-refractivity contribution in [2.75, 3.05) is 24.5 Å². The maximum atomic E-state index is 12.5. The average molecular weight is 375 g/mol. The van der Waals surface area contributed by atoms with E-state index in [-0.39, 0.29) is 18.9 Å². The minimum atomic E-state index is -0.0415. The molecule has 2 fully saturated rings. The maximum Gasteiger partial charge on any atom is 0.231 e. The van der Waals surface area contributed by atoms with Gasteiger partial charge in [-0.25, -0.2) is 0 Å². The predicted molar refractivity (Wildman–Crippen MR) is 104 cm³/mol. The van der Waals surface area contributed by atoms with Crippen molar-refractivity contribution < 1.29 is 14.3 Å². The van der Waals surface area contributed by atoms with E-state index in [1.807, 2.05) is 30.1 Å². The van der Waals surface area contributed by atoms with Gasteiger partial charge in [0.05, 0.1) is 6.04 Å². The molecule has 1 atom stereocenters. The van der Waals surface area contributed by atoms with Gasteiger partial charge in [0, 0.05) is 31.5 Å². The Hall–Kier alpha value is -1.89. The van der Waals surface area contributed by atoms with Crippen molar-refractivity contribution in [1.29, 1.82) is 0 Å². The van der Waals surface area contributed by atoms with Gasteiger partial charge in [-0.1, -0.05) is 31.0 Å². The lowest BCUT2D eigenvalue weighted by Crippen LogP contribution is -2.48. The van der Waals surface area contributed by atoms with Crippen molar-refractivity contribution in [2.24, 2.45) is 4.99 Å². The quantitative estimate of drug-likeness (QED) is 0.810. The van der Waals surface area contributed by atoms with E-state index in [1.54, 1.807) is 18.7 Å². The summed E-state index contributed by atoms with van der Waals surface area (Å²) < 4.78 is 10.9. The molecule has 1 unspecified atom stereocenters. The number of hydrogen-bond acceptors (Lipinski definition) is 5. The van der Waals surface area contributed by atoms with Crippen LogP contribution in [-0.4, -0.2) is 47.8 Å². The Bertz CT molecular complexity index is 718. The Morgan fingerprint density at radius 3 is 2.77 bits per heavy atom. The van der Waals surface area contributed by atoms with E-state index in [9.17, 15) is 4.79 Å². The van der Waals surface area contributed by atoms with E-state index in [1.165, 1.54) is 32.1 Å². The van der Waals surface area contributed by atoms with Crippen LogP contribution in [0.1, 0.15) is 39.0 Å². The molecule has 0 N–H and O–H groups in total. The van der Waals surface area contributed by atoms with Crippen molar-refractivity contribution in [3.63, 3.8) is 0 Å². The minimum Gasteiger partial charge on any atom is -0.454 e. The van der Waals surface area contributed by atoms with Crippen LogP contribution in [0.4, 0.5) is 5.69 Å². The van der Waals surface area contributed by atoms with Crippen LogP contribution < -0.4 is 14.4 Å². The fourth-order valence-corrected chi connectivity index (χ4v) is 5.05. The highest BCUT2D eigenvalue weighted by atomic mass is 32.2. The molecule has 1 saturated heterocycles. The number of carbonyl (C=O) groups excluding carboxylic acids is 1. The van der Waals surface area contributed by atoms with Gasteiger partial charge in [0.25, 0.3) is 0 Å². The first kappa shape index (κ1) is 17.5. The molecule has 2 heterocycles. The Labute approximate surface area is 158 Å². The molecule has 140 valence electrons. The number of rotatable bonds is 3. The van der Waals surface area contributed by atoms with Gasteiger partial charge in [-0.3, -0.25) is 14.7 Å². The predicted octanol–water partition coefficient (Wildman–Crippen LogP) is 3.46. The van der Waals surface area contributed by atoms with E-state index in [2.05, 4.69) is 4.90 Å². The fourth-order valence-electron chi connectivity index (χ4n) is 3.83. The molecule has 6 nitrogen and oxygen atoms in total. The van der Waals surface area contributed by atoms with Crippen LogP contribution in [0.2, 0.25) is 0 Å². The molecule has 1 aliphatic carbocycles. The number of carbonyl (C=O) groups is 1. The molecule has 1 amide bonds. The molecule has 2 aliphatic heterocycles. The van der Waals surface area contributed by atoms with Gasteiger partial charge in [0.15, 0.2) is 16.7 Å². The number of ether oxygens (including phenoxy) is 2. The molecule has 26 heavy (non-hydrogen) atoms. The van der Waals surface area contributed by atoms with E-state index >= 15 is 0 Å². The molecular weight excluding hydrogens is 350 g/mol. The van der Waals surface area contributed by atoms with Crippen molar-refractivity contribution >= 4 is 28.5 Å². The molecule has 4 rings (SSSR count). The summed E-state index contributed by atoms with van der Waals surface area (Å²) in [5, 5.41) is 1.05. The number of anilines is 1. The maximum absolute atomic E-state index is 12.5. The van der Waals surface area contributed by atoms with Crippen LogP contribution in [0.3, 0.4) is 0 Å². The highest BCUT2D eigenvalue weighted by Gasteiger charge is 2.35. The average Bonchev–Trinajstić information content (AvgIpc) is 3.24. The first-order chi connectivity index (χ1) is 12.6. The number of thioether (sulfide) groups is 1. The second kappa shape index (κ2) is 7.39. The standard InChI is InChI=1S/C19H25N3O3S/c1-13(23)22(15-8-9-16-17(10-15)25-12-24-16)18-11-26-19(21(18)2)20-14-6-4-3-5-7-14/h8-10,14,18H,3-7,11-12H2,1-2H3. The lowest BCUT2D eigenvalue weighted by molar-refractivity contribution is -0.117. The summed E-state index contributed by atoms with van der Waals surface area (Å²) in [6.45, 7) is 1.84. The van der Waals surface area contributed by atoms with Gasteiger partial charge in [0.2, 0.25) is 12.7 Å². The van der Waals surface area contributed by atoms with E-state index < -0.39 is 0 Å². The number of amides is 1. The first-order valence-electron chi connectivity index (χ1n) is 9.26. The number of amidine groups is 1. The summed E-state index contributed by atoms with van der Waals surface area (Å²) in [4.78, 5) is 21.4. The van der Waals surface area contributed by atoms with E-state index in [0.717, 1.165) is 22.4 Å². The molecular formula is C19H25N3O3S. The largest absolute Gasteiger partial charge is 0.454 e. The smallest absolute Gasteiger partial charge is 0.231 e. The number of fused-ring (bicyclic) bond motifs is 1. The van der Waals surface area contributed by atoms with Crippen LogP contribution in [0.15, 0.2) is 23.2 Å². The van der Waals surface area contributed by atoms with Crippen LogP contribution in [0.25, 0.3) is 0 Å². The Morgan fingerprint density at radius 2 is 2.00 bits per heavy atom. The monoisotopic (exact) mass is 375 g/mol. The second-order valence-corrected chi connectivity index (χ2v) is 8.02. The SMILES string of the molecule is CC(=O)N(c1ccc2c(c1)OCO2)C1CSC(=NC2CCCCC2)N1C.